The third kappa shape index (κ3) is 4.26. The number of thiophene rings is 1. The van der Waals surface area contributed by atoms with Crippen LogP contribution >= 0.6 is 22.9 Å². The number of fused-ring (bicyclic) bond motifs is 3. The van der Waals surface area contributed by atoms with Gasteiger partial charge in [-0.25, -0.2) is 9.97 Å². The quantitative estimate of drug-likeness (QED) is 0.214. The van der Waals surface area contributed by atoms with E-state index in [2.05, 4.69) is 89.9 Å². The molecular formula is C34H21ClN2S. The lowest BCUT2D eigenvalue weighted by atomic mass is 9.94. The normalized spacial score (nSPS) is 11.3. The van der Waals surface area contributed by atoms with Gasteiger partial charge in [0.25, 0.3) is 0 Å². The Balaban J connectivity index is 1.43. The van der Waals surface area contributed by atoms with Crippen LogP contribution in [0.5, 0.6) is 0 Å². The zero-order valence-electron chi connectivity index (χ0n) is 20.3. The van der Waals surface area contributed by atoms with Gasteiger partial charge in [-0.05, 0) is 58.7 Å². The van der Waals surface area contributed by atoms with E-state index in [0.717, 1.165) is 33.5 Å². The van der Waals surface area contributed by atoms with Crippen molar-refractivity contribution in [2.45, 2.75) is 0 Å². The van der Waals surface area contributed by atoms with Crippen molar-refractivity contribution in [2.24, 2.45) is 0 Å². The Morgan fingerprint density at radius 3 is 1.87 bits per heavy atom. The largest absolute Gasteiger partial charge is 0.228 e. The minimum absolute atomic E-state index is 0.423. The standard InChI is InChI=1S/C34H21ClN2S/c35-33-21-30(36-34(37-33)23-11-5-2-6-12-23)27-18-25(22-9-3-1-4-10-22)17-26(19-27)24-15-16-32-29(20-24)28-13-7-8-14-31(28)38-32/h1-21H. The van der Waals surface area contributed by atoms with Gasteiger partial charge in [0.2, 0.25) is 0 Å². The molecule has 0 spiro atoms. The second-order valence-corrected chi connectivity index (χ2v) is 10.7. The van der Waals surface area contributed by atoms with Gasteiger partial charge in [-0.2, -0.15) is 0 Å². The molecule has 5 aromatic carbocycles. The zero-order chi connectivity index (χ0) is 25.5. The molecule has 0 saturated carbocycles. The first kappa shape index (κ1) is 22.9. The van der Waals surface area contributed by atoms with Crippen molar-refractivity contribution >= 4 is 43.1 Å². The van der Waals surface area contributed by atoms with Crippen molar-refractivity contribution in [3.63, 3.8) is 0 Å². The van der Waals surface area contributed by atoms with Crippen molar-refractivity contribution in [1.82, 2.24) is 9.97 Å². The van der Waals surface area contributed by atoms with Crippen molar-refractivity contribution in [3.05, 3.63) is 133 Å². The maximum Gasteiger partial charge on any atom is 0.161 e. The lowest BCUT2D eigenvalue weighted by molar-refractivity contribution is 1.18. The number of nitrogens with zero attached hydrogens (tertiary/aromatic N) is 2. The van der Waals surface area contributed by atoms with Crippen LogP contribution in [0.2, 0.25) is 5.15 Å². The van der Waals surface area contributed by atoms with Crippen LogP contribution in [0.25, 0.3) is 65.1 Å². The summed E-state index contributed by atoms with van der Waals surface area (Å²) in [7, 11) is 0. The number of rotatable bonds is 4. The second kappa shape index (κ2) is 9.53. The highest BCUT2D eigenvalue weighted by atomic mass is 35.5. The number of halogens is 1. The molecule has 2 nitrogen and oxygen atoms in total. The smallest absolute Gasteiger partial charge is 0.161 e. The molecule has 0 unspecified atom stereocenters. The summed E-state index contributed by atoms with van der Waals surface area (Å²) < 4.78 is 2.60. The van der Waals surface area contributed by atoms with E-state index in [1.54, 1.807) is 0 Å². The Labute approximate surface area is 229 Å². The van der Waals surface area contributed by atoms with Gasteiger partial charge in [-0.15, -0.1) is 11.3 Å². The van der Waals surface area contributed by atoms with Crippen LogP contribution in [-0.4, -0.2) is 9.97 Å². The van der Waals surface area contributed by atoms with Crippen LogP contribution in [0, 0.1) is 0 Å². The first-order chi connectivity index (χ1) is 18.7. The highest BCUT2D eigenvalue weighted by Gasteiger charge is 2.13. The molecule has 7 rings (SSSR count). The van der Waals surface area contributed by atoms with Gasteiger partial charge < -0.3 is 0 Å². The van der Waals surface area contributed by atoms with Crippen molar-refractivity contribution in [2.75, 3.05) is 0 Å². The summed E-state index contributed by atoms with van der Waals surface area (Å²) in [4.78, 5) is 9.44. The highest BCUT2D eigenvalue weighted by Crippen LogP contribution is 2.38. The third-order valence-corrected chi connectivity index (χ3v) is 8.12. The molecule has 0 aliphatic heterocycles. The molecule has 2 aromatic heterocycles. The van der Waals surface area contributed by atoms with E-state index in [4.69, 9.17) is 16.6 Å². The molecule has 0 aliphatic rings. The molecule has 0 N–H and O–H groups in total. The molecule has 0 atom stereocenters. The van der Waals surface area contributed by atoms with Crippen molar-refractivity contribution in [3.8, 4) is 44.9 Å². The molecule has 0 saturated heterocycles. The Bertz CT molecular complexity index is 1930. The summed E-state index contributed by atoms with van der Waals surface area (Å²) in [6, 6.07) is 44.3. The highest BCUT2D eigenvalue weighted by molar-refractivity contribution is 7.25. The summed E-state index contributed by atoms with van der Waals surface area (Å²) in [6.07, 6.45) is 0. The Morgan fingerprint density at radius 1 is 0.447 bits per heavy atom. The van der Waals surface area contributed by atoms with E-state index < -0.39 is 0 Å². The lowest BCUT2D eigenvalue weighted by Crippen LogP contribution is -1.94. The second-order valence-electron chi connectivity index (χ2n) is 9.24. The van der Waals surface area contributed by atoms with E-state index >= 15 is 0 Å². The zero-order valence-corrected chi connectivity index (χ0v) is 21.9. The van der Waals surface area contributed by atoms with Gasteiger partial charge in [0.15, 0.2) is 5.82 Å². The predicted octanol–water partition coefficient (Wildman–Crippen LogP) is 10.2. The number of hydrogen-bond acceptors (Lipinski definition) is 3. The van der Waals surface area contributed by atoms with Gasteiger partial charge >= 0.3 is 0 Å². The minimum atomic E-state index is 0.423. The van der Waals surface area contributed by atoms with Gasteiger partial charge in [0, 0.05) is 37.4 Å². The van der Waals surface area contributed by atoms with Crippen LogP contribution in [0.3, 0.4) is 0 Å². The van der Waals surface area contributed by atoms with Gasteiger partial charge in [0.1, 0.15) is 5.15 Å². The lowest BCUT2D eigenvalue weighted by Gasteiger charge is -2.12. The number of hydrogen-bond donors (Lipinski definition) is 0. The minimum Gasteiger partial charge on any atom is -0.228 e. The third-order valence-electron chi connectivity index (χ3n) is 6.77. The van der Waals surface area contributed by atoms with Crippen LogP contribution in [0.4, 0.5) is 0 Å². The van der Waals surface area contributed by atoms with Crippen molar-refractivity contribution < 1.29 is 0 Å². The fourth-order valence-corrected chi connectivity index (χ4v) is 6.20. The Kier molecular flexibility index (Phi) is 5.73. The van der Waals surface area contributed by atoms with Crippen LogP contribution < -0.4 is 0 Å². The molecule has 38 heavy (non-hydrogen) atoms. The molecule has 0 amide bonds. The molecular weight excluding hydrogens is 504 g/mol. The summed E-state index contributed by atoms with van der Waals surface area (Å²) in [5.74, 6) is 0.617. The molecule has 7 aromatic rings. The number of benzene rings is 5. The maximum atomic E-state index is 6.52. The first-order valence-corrected chi connectivity index (χ1v) is 13.6. The molecule has 2 heterocycles. The van der Waals surface area contributed by atoms with E-state index in [9.17, 15) is 0 Å². The summed E-state index contributed by atoms with van der Waals surface area (Å²) in [5.41, 5.74) is 7.32. The summed E-state index contributed by atoms with van der Waals surface area (Å²) in [5, 5.41) is 3.00. The molecule has 180 valence electrons. The fourth-order valence-electron chi connectivity index (χ4n) is 4.93. The van der Waals surface area contributed by atoms with Crippen LogP contribution in [0.15, 0.2) is 127 Å². The summed E-state index contributed by atoms with van der Waals surface area (Å²) in [6.45, 7) is 0. The Hall–Kier alpha value is -4.31. The summed E-state index contributed by atoms with van der Waals surface area (Å²) >= 11 is 8.36. The average molecular weight is 525 g/mol. The molecule has 0 aliphatic carbocycles. The SMILES string of the molecule is Clc1cc(-c2cc(-c3ccccc3)cc(-c3ccc4sc5ccccc5c4c3)c2)nc(-c2ccccc2)n1. The molecule has 0 fully saturated rings. The maximum absolute atomic E-state index is 6.52. The first-order valence-electron chi connectivity index (χ1n) is 12.4. The fraction of sp³-hybridized carbons (Fsp3) is 0. The topological polar surface area (TPSA) is 25.8 Å². The van der Waals surface area contributed by atoms with E-state index in [1.165, 1.54) is 25.7 Å². The molecule has 0 bridgehead atoms. The Morgan fingerprint density at radius 2 is 1.08 bits per heavy atom. The average Bonchev–Trinajstić information content (AvgIpc) is 3.35. The monoisotopic (exact) mass is 524 g/mol. The van der Waals surface area contributed by atoms with E-state index in [-0.39, 0.29) is 0 Å². The molecule has 4 heteroatoms. The van der Waals surface area contributed by atoms with Crippen LogP contribution in [-0.2, 0) is 0 Å². The van der Waals surface area contributed by atoms with Gasteiger partial charge in [0.05, 0.1) is 5.69 Å². The van der Waals surface area contributed by atoms with E-state index in [0.29, 0.717) is 11.0 Å². The predicted molar refractivity (Wildman–Crippen MR) is 162 cm³/mol. The van der Waals surface area contributed by atoms with Crippen molar-refractivity contribution in [1.29, 1.82) is 0 Å². The molecule has 0 radical (unpaired) electrons. The number of aromatic nitrogens is 2. The van der Waals surface area contributed by atoms with E-state index in [1.807, 2.05) is 53.8 Å². The van der Waals surface area contributed by atoms with Gasteiger partial charge in [-0.3, -0.25) is 0 Å². The van der Waals surface area contributed by atoms with Crippen LogP contribution in [0.1, 0.15) is 0 Å². The van der Waals surface area contributed by atoms with Gasteiger partial charge in [-0.1, -0.05) is 96.5 Å².